The predicted molar refractivity (Wildman–Crippen MR) is 54.1 cm³/mol. The minimum atomic E-state index is 0.527. The Bertz CT molecular complexity index is 78.5. The number of thioether (sulfide) groups is 1. The van der Waals surface area contributed by atoms with E-state index in [0.29, 0.717) is 6.04 Å². The summed E-state index contributed by atoms with van der Waals surface area (Å²) in [7, 11) is 0. The van der Waals surface area contributed by atoms with Crippen LogP contribution in [-0.2, 0) is 0 Å². The third kappa shape index (κ3) is 6.66. The van der Waals surface area contributed by atoms with E-state index in [1.165, 1.54) is 17.9 Å². The summed E-state index contributed by atoms with van der Waals surface area (Å²) < 4.78 is 0. The van der Waals surface area contributed by atoms with Crippen molar-refractivity contribution in [1.29, 1.82) is 0 Å². The second-order valence-electron chi connectivity index (χ2n) is 2.48. The molecule has 0 aromatic rings. The molecular formula is C8H20N2S. The number of nitrogens with two attached hydrogens (primary N) is 1. The SMILES string of the molecule is CCNC(CN)CCSCC. The van der Waals surface area contributed by atoms with Gasteiger partial charge in [-0.2, -0.15) is 11.8 Å². The van der Waals surface area contributed by atoms with Crippen molar-refractivity contribution in [3.05, 3.63) is 0 Å². The standard InChI is InChI=1S/C8H20N2S/c1-3-10-8(7-9)5-6-11-4-2/h8,10H,3-7,9H2,1-2H3. The van der Waals surface area contributed by atoms with Crippen LogP contribution in [-0.4, -0.2) is 30.6 Å². The molecule has 0 aromatic heterocycles. The normalized spacial score (nSPS) is 13.4. The van der Waals surface area contributed by atoms with Gasteiger partial charge in [-0.3, -0.25) is 0 Å². The topological polar surface area (TPSA) is 38.0 Å². The van der Waals surface area contributed by atoms with E-state index in [4.69, 9.17) is 5.73 Å². The van der Waals surface area contributed by atoms with Crippen molar-refractivity contribution in [2.45, 2.75) is 26.3 Å². The fourth-order valence-electron chi connectivity index (χ4n) is 0.962. The van der Waals surface area contributed by atoms with Gasteiger partial charge in [0, 0.05) is 12.6 Å². The van der Waals surface area contributed by atoms with Crippen LogP contribution in [0.5, 0.6) is 0 Å². The molecule has 68 valence electrons. The molecule has 0 radical (unpaired) electrons. The number of rotatable bonds is 7. The second kappa shape index (κ2) is 8.37. The van der Waals surface area contributed by atoms with Gasteiger partial charge in [0.25, 0.3) is 0 Å². The average Bonchev–Trinajstić information content (AvgIpc) is 2.03. The number of hydrogen-bond acceptors (Lipinski definition) is 3. The summed E-state index contributed by atoms with van der Waals surface area (Å²) in [4.78, 5) is 0. The number of nitrogens with one attached hydrogen (secondary N) is 1. The first kappa shape index (κ1) is 11.3. The van der Waals surface area contributed by atoms with E-state index in [1.807, 2.05) is 11.8 Å². The van der Waals surface area contributed by atoms with Gasteiger partial charge in [-0.15, -0.1) is 0 Å². The lowest BCUT2D eigenvalue weighted by Crippen LogP contribution is -2.36. The van der Waals surface area contributed by atoms with E-state index in [1.54, 1.807) is 0 Å². The summed E-state index contributed by atoms with van der Waals surface area (Å²) in [6.45, 7) is 6.10. The molecule has 0 fully saturated rings. The van der Waals surface area contributed by atoms with Crippen LogP contribution < -0.4 is 11.1 Å². The highest BCUT2D eigenvalue weighted by Gasteiger charge is 2.02. The molecule has 0 rings (SSSR count). The van der Waals surface area contributed by atoms with Crippen LogP contribution in [0, 0.1) is 0 Å². The number of likely N-dealkylation sites (N-methyl/N-ethyl adjacent to an activating group) is 1. The zero-order valence-corrected chi connectivity index (χ0v) is 8.41. The lowest BCUT2D eigenvalue weighted by molar-refractivity contribution is 0.525. The van der Waals surface area contributed by atoms with Gasteiger partial charge in [-0.05, 0) is 24.5 Å². The largest absolute Gasteiger partial charge is 0.329 e. The zero-order chi connectivity index (χ0) is 8.53. The van der Waals surface area contributed by atoms with Gasteiger partial charge in [0.15, 0.2) is 0 Å². The van der Waals surface area contributed by atoms with E-state index in [0.717, 1.165) is 13.1 Å². The summed E-state index contributed by atoms with van der Waals surface area (Å²) in [5.74, 6) is 2.44. The molecule has 0 saturated heterocycles. The lowest BCUT2D eigenvalue weighted by Gasteiger charge is -2.14. The van der Waals surface area contributed by atoms with Crippen LogP contribution in [0.1, 0.15) is 20.3 Å². The Morgan fingerprint density at radius 2 is 2.18 bits per heavy atom. The monoisotopic (exact) mass is 176 g/mol. The highest BCUT2D eigenvalue weighted by Crippen LogP contribution is 2.02. The highest BCUT2D eigenvalue weighted by molar-refractivity contribution is 7.99. The Hall–Kier alpha value is 0.270. The highest BCUT2D eigenvalue weighted by atomic mass is 32.2. The molecule has 0 aromatic carbocycles. The van der Waals surface area contributed by atoms with Crippen molar-refractivity contribution in [1.82, 2.24) is 5.32 Å². The second-order valence-corrected chi connectivity index (χ2v) is 3.87. The first-order valence-electron chi connectivity index (χ1n) is 4.36. The molecule has 1 unspecified atom stereocenters. The third-order valence-corrected chi connectivity index (χ3v) is 2.52. The summed E-state index contributed by atoms with van der Waals surface area (Å²) in [5, 5.41) is 3.35. The molecule has 0 bridgehead atoms. The Morgan fingerprint density at radius 1 is 1.45 bits per heavy atom. The van der Waals surface area contributed by atoms with Gasteiger partial charge < -0.3 is 11.1 Å². The predicted octanol–water partition coefficient (Wildman–Crippen LogP) is 1.07. The van der Waals surface area contributed by atoms with Crippen LogP contribution in [0.25, 0.3) is 0 Å². The maximum Gasteiger partial charge on any atom is 0.0197 e. The van der Waals surface area contributed by atoms with Gasteiger partial charge >= 0.3 is 0 Å². The van der Waals surface area contributed by atoms with Gasteiger partial charge in [-0.1, -0.05) is 13.8 Å². The average molecular weight is 176 g/mol. The molecule has 2 nitrogen and oxygen atoms in total. The third-order valence-electron chi connectivity index (χ3n) is 1.59. The minimum absolute atomic E-state index is 0.527. The summed E-state index contributed by atoms with van der Waals surface area (Å²) >= 11 is 1.98. The van der Waals surface area contributed by atoms with E-state index in [2.05, 4.69) is 19.2 Å². The summed E-state index contributed by atoms with van der Waals surface area (Å²) in [5.41, 5.74) is 5.57. The van der Waals surface area contributed by atoms with Crippen molar-refractivity contribution in [3.63, 3.8) is 0 Å². The quantitative estimate of drug-likeness (QED) is 0.570. The van der Waals surface area contributed by atoms with Crippen LogP contribution in [0.2, 0.25) is 0 Å². The van der Waals surface area contributed by atoms with Crippen LogP contribution in [0.15, 0.2) is 0 Å². The summed E-state index contributed by atoms with van der Waals surface area (Å²) in [6.07, 6.45) is 1.20. The maximum atomic E-state index is 5.57. The Balaban J connectivity index is 3.20. The lowest BCUT2D eigenvalue weighted by atomic mass is 10.2. The minimum Gasteiger partial charge on any atom is -0.329 e. The molecule has 3 heteroatoms. The number of hydrogen-bond donors (Lipinski definition) is 2. The Kier molecular flexibility index (Phi) is 8.57. The van der Waals surface area contributed by atoms with Crippen molar-refractivity contribution in [3.8, 4) is 0 Å². The maximum absolute atomic E-state index is 5.57. The first-order chi connectivity index (χ1) is 5.35. The Labute approximate surface area is 74.3 Å². The van der Waals surface area contributed by atoms with Crippen molar-refractivity contribution in [2.75, 3.05) is 24.6 Å². The van der Waals surface area contributed by atoms with Crippen LogP contribution in [0.4, 0.5) is 0 Å². The molecule has 0 aliphatic carbocycles. The van der Waals surface area contributed by atoms with E-state index in [-0.39, 0.29) is 0 Å². The molecule has 0 spiro atoms. The van der Waals surface area contributed by atoms with Gasteiger partial charge in [0.1, 0.15) is 0 Å². The van der Waals surface area contributed by atoms with Crippen LogP contribution >= 0.6 is 11.8 Å². The fraction of sp³-hybridized carbons (Fsp3) is 1.00. The molecule has 0 saturated carbocycles. The molecule has 1 atom stereocenters. The molecule has 0 aliphatic heterocycles. The molecule has 0 aliphatic rings. The van der Waals surface area contributed by atoms with Gasteiger partial charge in [0.2, 0.25) is 0 Å². The fourth-order valence-corrected chi connectivity index (χ4v) is 1.70. The van der Waals surface area contributed by atoms with Gasteiger partial charge in [0.05, 0.1) is 0 Å². The molecule has 0 heterocycles. The zero-order valence-electron chi connectivity index (χ0n) is 7.60. The van der Waals surface area contributed by atoms with E-state index >= 15 is 0 Å². The smallest absolute Gasteiger partial charge is 0.0197 e. The molecule has 11 heavy (non-hydrogen) atoms. The molecule has 3 N–H and O–H groups in total. The molecule has 0 amide bonds. The van der Waals surface area contributed by atoms with Crippen LogP contribution in [0.3, 0.4) is 0 Å². The van der Waals surface area contributed by atoms with Gasteiger partial charge in [-0.25, -0.2) is 0 Å². The molecular weight excluding hydrogens is 156 g/mol. The first-order valence-corrected chi connectivity index (χ1v) is 5.51. The summed E-state index contributed by atoms with van der Waals surface area (Å²) in [6, 6.07) is 0.527. The van der Waals surface area contributed by atoms with Crippen molar-refractivity contribution >= 4 is 11.8 Å². The van der Waals surface area contributed by atoms with E-state index in [9.17, 15) is 0 Å². The van der Waals surface area contributed by atoms with E-state index < -0.39 is 0 Å². The van der Waals surface area contributed by atoms with Crippen molar-refractivity contribution in [2.24, 2.45) is 5.73 Å². The Morgan fingerprint density at radius 3 is 2.64 bits per heavy atom. The van der Waals surface area contributed by atoms with Crippen molar-refractivity contribution < 1.29 is 0 Å².